The molecule has 4 aromatic rings. The molecule has 174 valence electrons. The number of aryl methyl sites for hydroxylation is 2. The van der Waals surface area contributed by atoms with E-state index in [-0.39, 0.29) is 5.82 Å². The van der Waals surface area contributed by atoms with Crippen LogP contribution in [0.4, 0.5) is 4.39 Å². The second-order valence-electron chi connectivity index (χ2n) is 8.03. The molecular weight excluding hydrogens is 429 g/mol. The van der Waals surface area contributed by atoms with Crippen LogP contribution in [0, 0.1) is 12.7 Å². The molecule has 4 rings (SSSR count). The molecule has 6 nitrogen and oxygen atoms in total. The lowest BCUT2D eigenvalue weighted by atomic mass is 10.1. The second-order valence-corrected chi connectivity index (χ2v) is 8.03. The number of hydrogen-bond donors (Lipinski definition) is 0. The molecule has 0 aliphatic rings. The maximum atomic E-state index is 13.3. The molecule has 0 N–H and O–H groups in total. The summed E-state index contributed by atoms with van der Waals surface area (Å²) in [6.07, 6.45) is 11.9. The minimum Gasteiger partial charge on any atom is -0.495 e. The first-order chi connectivity index (χ1) is 16.6. The number of imidazole rings is 1. The molecular formula is C27H28FN5O. The van der Waals surface area contributed by atoms with Gasteiger partial charge in [0.15, 0.2) is 5.82 Å². The molecule has 0 fully saturated rings. The number of nitrogens with zero attached hydrogens (tertiary/aromatic N) is 5. The number of methoxy groups -OCH3 is 1. The summed E-state index contributed by atoms with van der Waals surface area (Å²) in [7, 11) is 1.66. The summed E-state index contributed by atoms with van der Waals surface area (Å²) < 4.78 is 22.8. The van der Waals surface area contributed by atoms with Crippen molar-refractivity contribution in [2.45, 2.75) is 32.7 Å². The average molecular weight is 458 g/mol. The van der Waals surface area contributed by atoms with Gasteiger partial charge in [-0.25, -0.2) is 19.0 Å². The van der Waals surface area contributed by atoms with Crippen LogP contribution in [0.3, 0.4) is 0 Å². The van der Waals surface area contributed by atoms with E-state index < -0.39 is 0 Å². The lowest BCUT2D eigenvalue weighted by molar-refractivity contribution is 0.413. The van der Waals surface area contributed by atoms with Crippen LogP contribution in [-0.4, -0.2) is 31.4 Å². The van der Waals surface area contributed by atoms with Crippen molar-refractivity contribution in [1.29, 1.82) is 0 Å². The zero-order chi connectivity index (χ0) is 23.9. The van der Waals surface area contributed by atoms with Crippen LogP contribution in [0.25, 0.3) is 17.8 Å². The third-order valence-electron chi connectivity index (χ3n) is 5.44. The first-order valence-corrected chi connectivity index (χ1v) is 11.2. The summed E-state index contributed by atoms with van der Waals surface area (Å²) in [6, 6.07) is 12.5. The summed E-state index contributed by atoms with van der Waals surface area (Å²) in [5, 5.41) is 4.69. The van der Waals surface area contributed by atoms with Crippen LogP contribution < -0.4 is 4.74 Å². The van der Waals surface area contributed by atoms with Crippen molar-refractivity contribution in [3.63, 3.8) is 0 Å². The summed E-state index contributed by atoms with van der Waals surface area (Å²) in [6.45, 7) is 6.49. The molecule has 0 saturated carbocycles. The van der Waals surface area contributed by atoms with Crippen LogP contribution in [0.2, 0.25) is 0 Å². The van der Waals surface area contributed by atoms with Crippen molar-refractivity contribution in [3.8, 4) is 11.4 Å². The van der Waals surface area contributed by atoms with Gasteiger partial charge >= 0.3 is 0 Å². The number of aromatic nitrogens is 5. The fourth-order valence-electron chi connectivity index (χ4n) is 3.68. The third kappa shape index (κ3) is 5.67. The predicted octanol–water partition coefficient (Wildman–Crippen LogP) is 5.65. The Morgan fingerprint density at radius 1 is 1.12 bits per heavy atom. The van der Waals surface area contributed by atoms with Gasteiger partial charge in [-0.15, -0.1) is 6.58 Å². The number of benzene rings is 2. The Morgan fingerprint density at radius 3 is 2.65 bits per heavy atom. The van der Waals surface area contributed by atoms with Gasteiger partial charge < -0.3 is 9.30 Å². The van der Waals surface area contributed by atoms with Gasteiger partial charge in [-0.1, -0.05) is 30.4 Å². The Labute approximate surface area is 199 Å². The van der Waals surface area contributed by atoms with Crippen LogP contribution in [0.5, 0.6) is 5.75 Å². The van der Waals surface area contributed by atoms with Gasteiger partial charge in [-0.3, -0.25) is 0 Å². The molecule has 34 heavy (non-hydrogen) atoms. The highest BCUT2D eigenvalue weighted by molar-refractivity contribution is 5.69. The van der Waals surface area contributed by atoms with Gasteiger partial charge in [0.05, 0.1) is 24.8 Å². The Bertz CT molecular complexity index is 1290. The topological polar surface area (TPSA) is 57.8 Å². The molecule has 0 aliphatic carbocycles. The van der Waals surface area contributed by atoms with E-state index in [1.807, 2.05) is 58.8 Å². The van der Waals surface area contributed by atoms with Gasteiger partial charge in [0.2, 0.25) is 0 Å². The Balaban J connectivity index is 1.56. The Kier molecular flexibility index (Phi) is 7.32. The van der Waals surface area contributed by atoms with Crippen molar-refractivity contribution in [2.24, 2.45) is 0 Å². The van der Waals surface area contributed by atoms with E-state index in [9.17, 15) is 4.39 Å². The van der Waals surface area contributed by atoms with Gasteiger partial charge in [-0.2, -0.15) is 5.10 Å². The average Bonchev–Trinajstić information content (AvgIpc) is 3.45. The SMILES string of the molecule is C=CCCCn1nc(/C=C/c2ccc(-n3cnc(C)c3)c(OC)c2)nc1Cc1ccc(F)cc1. The standard InChI is InChI=1S/C27H28FN5O/c1-4-5-6-15-33-27(17-22-7-11-23(28)12-8-22)30-26(31-33)14-10-21-9-13-24(25(16-21)34-3)32-18-20(2)29-19-32/h4,7-14,16,18-19H,1,5-6,15,17H2,2-3H3/b14-10+. The minimum atomic E-state index is -0.246. The molecule has 2 aromatic carbocycles. The lowest BCUT2D eigenvalue weighted by Gasteiger charge is -2.09. The zero-order valence-corrected chi connectivity index (χ0v) is 19.5. The number of halogens is 1. The fourth-order valence-corrected chi connectivity index (χ4v) is 3.68. The predicted molar refractivity (Wildman–Crippen MR) is 132 cm³/mol. The number of ether oxygens (including phenoxy) is 1. The van der Waals surface area contributed by atoms with Crippen molar-refractivity contribution in [2.75, 3.05) is 7.11 Å². The third-order valence-corrected chi connectivity index (χ3v) is 5.44. The summed E-state index contributed by atoms with van der Waals surface area (Å²) >= 11 is 0. The first-order valence-electron chi connectivity index (χ1n) is 11.2. The molecule has 0 amide bonds. The normalized spacial score (nSPS) is 11.3. The molecule has 0 radical (unpaired) electrons. The highest BCUT2D eigenvalue weighted by atomic mass is 19.1. The van der Waals surface area contributed by atoms with Gasteiger partial charge in [0.1, 0.15) is 17.4 Å². The van der Waals surface area contributed by atoms with Gasteiger partial charge in [-0.05, 0) is 61.2 Å². The minimum absolute atomic E-state index is 0.246. The fraction of sp³-hybridized carbons (Fsp3) is 0.222. The van der Waals surface area contributed by atoms with Crippen molar-refractivity contribution >= 4 is 12.2 Å². The number of rotatable bonds is 10. The molecule has 2 heterocycles. The van der Waals surface area contributed by atoms with E-state index in [0.29, 0.717) is 12.2 Å². The number of unbranched alkanes of at least 4 members (excludes halogenated alkanes) is 1. The Hall–Kier alpha value is -4.00. The molecule has 0 saturated heterocycles. The molecule has 7 heteroatoms. The van der Waals surface area contributed by atoms with Gasteiger partial charge in [0.25, 0.3) is 0 Å². The highest BCUT2D eigenvalue weighted by Gasteiger charge is 2.10. The smallest absolute Gasteiger partial charge is 0.174 e. The monoisotopic (exact) mass is 457 g/mol. The summed E-state index contributed by atoms with van der Waals surface area (Å²) in [5.74, 6) is 1.98. The van der Waals surface area contributed by atoms with E-state index in [1.165, 1.54) is 12.1 Å². The molecule has 0 unspecified atom stereocenters. The number of hydrogen-bond acceptors (Lipinski definition) is 4. The molecule has 0 spiro atoms. The lowest BCUT2D eigenvalue weighted by Crippen LogP contribution is -2.06. The van der Waals surface area contributed by atoms with Gasteiger partial charge in [0, 0.05) is 19.2 Å². The van der Waals surface area contributed by atoms with E-state index in [1.54, 1.807) is 25.6 Å². The maximum absolute atomic E-state index is 13.3. The highest BCUT2D eigenvalue weighted by Crippen LogP contribution is 2.25. The number of allylic oxidation sites excluding steroid dienone is 1. The zero-order valence-electron chi connectivity index (χ0n) is 19.5. The molecule has 0 atom stereocenters. The van der Waals surface area contributed by atoms with Crippen LogP contribution >= 0.6 is 0 Å². The summed E-state index contributed by atoms with van der Waals surface area (Å²) in [5.41, 5.74) is 3.83. The maximum Gasteiger partial charge on any atom is 0.174 e. The van der Waals surface area contributed by atoms with Crippen LogP contribution in [-0.2, 0) is 13.0 Å². The van der Waals surface area contributed by atoms with E-state index in [2.05, 4.69) is 16.7 Å². The van der Waals surface area contributed by atoms with E-state index >= 15 is 0 Å². The van der Waals surface area contributed by atoms with Crippen molar-refractivity contribution in [1.82, 2.24) is 24.3 Å². The largest absolute Gasteiger partial charge is 0.495 e. The van der Waals surface area contributed by atoms with Crippen LogP contribution in [0.1, 0.15) is 41.3 Å². The molecule has 0 bridgehead atoms. The molecule has 2 aromatic heterocycles. The Morgan fingerprint density at radius 2 is 1.94 bits per heavy atom. The first kappa shape index (κ1) is 23.2. The van der Waals surface area contributed by atoms with Crippen molar-refractivity contribution in [3.05, 3.63) is 102 Å². The summed E-state index contributed by atoms with van der Waals surface area (Å²) in [4.78, 5) is 9.02. The quantitative estimate of drug-likeness (QED) is 0.228. The van der Waals surface area contributed by atoms with Crippen LogP contribution in [0.15, 0.2) is 67.6 Å². The van der Waals surface area contributed by atoms with E-state index in [4.69, 9.17) is 9.72 Å². The van der Waals surface area contributed by atoms with E-state index in [0.717, 1.165) is 53.5 Å². The van der Waals surface area contributed by atoms with Crippen molar-refractivity contribution < 1.29 is 9.13 Å². The second kappa shape index (κ2) is 10.7. The molecule has 0 aliphatic heterocycles.